The first-order chi connectivity index (χ1) is 6.75. The van der Waals surface area contributed by atoms with Crippen molar-refractivity contribution in [3.05, 3.63) is 0 Å². The average Bonchev–Trinajstić information content (AvgIpc) is 2.32. The van der Waals surface area contributed by atoms with Crippen LogP contribution in [-0.4, -0.2) is 22.6 Å². The van der Waals surface area contributed by atoms with Crippen molar-refractivity contribution in [1.29, 1.82) is 0 Å². The molecule has 0 amide bonds. The summed E-state index contributed by atoms with van der Waals surface area (Å²) in [5.41, 5.74) is -1.69. The second-order valence-corrected chi connectivity index (χ2v) is 5.40. The zero-order valence-corrected chi connectivity index (χ0v) is 9.29. The molecule has 0 aromatic rings. The normalized spacial score (nSPS) is 41.7. The third kappa shape index (κ3) is 0.971. The molecular weight excluding hydrogens is 196 g/mol. The van der Waals surface area contributed by atoms with Crippen molar-refractivity contribution < 1.29 is 19.4 Å². The number of carbonyl (C=O) groups excluding carboxylic acids is 1. The van der Waals surface area contributed by atoms with Crippen LogP contribution in [0.25, 0.3) is 0 Å². The van der Waals surface area contributed by atoms with E-state index < -0.39 is 22.4 Å². The van der Waals surface area contributed by atoms with E-state index in [-0.39, 0.29) is 12.4 Å². The first-order valence-corrected chi connectivity index (χ1v) is 5.20. The van der Waals surface area contributed by atoms with Crippen molar-refractivity contribution in [2.45, 2.75) is 45.6 Å². The second kappa shape index (κ2) is 2.54. The summed E-state index contributed by atoms with van der Waals surface area (Å²) in [4.78, 5) is 22.7. The highest BCUT2D eigenvalue weighted by Crippen LogP contribution is 2.66. The summed E-state index contributed by atoms with van der Waals surface area (Å²) in [7, 11) is 0. The Morgan fingerprint density at radius 2 is 2.00 bits per heavy atom. The summed E-state index contributed by atoms with van der Waals surface area (Å²) in [5, 5.41) is 8.91. The van der Waals surface area contributed by atoms with E-state index >= 15 is 0 Å². The highest BCUT2D eigenvalue weighted by Gasteiger charge is 2.73. The smallest absolute Gasteiger partial charge is 0.313 e. The maximum absolute atomic E-state index is 11.8. The third-order valence-electron chi connectivity index (χ3n) is 4.71. The molecule has 1 heterocycles. The van der Waals surface area contributed by atoms with Gasteiger partial charge < -0.3 is 9.84 Å². The topological polar surface area (TPSA) is 63.6 Å². The number of fused-ring (bicyclic) bond motifs is 2. The number of carboxylic acid groups (broad SMARTS) is 1. The van der Waals surface area contributed by atoms with Crippen LogP contribution in [0.5, 0.6) is 0 Å². The Morgan fingerprint density at radius 3 is 2.33 bits per heavy atom. The van der Waals surface area contributed by atoms with Gasteiger partial charge in [0.25, 0.3) is 0 Å². The molecule has 15 heavy (non-hydrogen) atoms. The molecule has 4 heteroatoms. The third-order valence-corrected chi connectivity index (χ3v) is 4.71. The van der Waals surface area contributed by atoms with Crippen molar-refractivity contribution in [2.75, 3.05) is 0 Å². The van der Waals surface area contributed by atoms with Gasteiger partial charge in [-0.2, -0.15) is 0 Å². The maximum atomic E-state index is 11.8. The summed E-state index contributed by atoms with van der Waals surface area (Å²) in [6.07, 6.45) is 1.27. The van der Waals surface area contributed by atoms with Crippen molar-refractivity contribution in [2.24, 2.45) is 10.8 Å². The van der Waals surface area contributed by atoms with Gasteiger partial charge in [-0.3, -0.25) is 9.59 Å². The SMILES string of the molecule is CC1(C)[C@]2(CC(=O)O)CC[C@@]1(C)OC2=O. The standard InChI is InChI=1S/C11H16O4/c1-9(2)10(3)4-5-11(9,6-7(12)13)8(14)15-10/h4-6H2,1-3H3,(H,12,13)/t10-,11+/m1/s1. The molecule has 2 aliphatic rings. The molecule has 1 N–H and O–H groups in total. The van der Waals surface area contributed by atoms with E-state index in [9.17, 15) is 9.59 Å². The number of rotatable bonds is 2. The Balaban J connectivity index is 2.47. The molecule has 2 bridgehead atoms. The van der Waals surface area contributed by atoms with Crippen LogP contribution in [0.3, 0.4) is 0 Å². The van der Waals surface area contributed by atoms with E-state index in [1.807, 2.05) is 20.8 Å². The van der Waals surface area contributed by atoms with Crippen LogP contribution in [-0.2, 0) is 14.3 Å². The maximum Gasteiger partial charge on any atom is 0.313 e. The zero-order valence-electron chi connectivity index (χ0n) is 9.29. The van der Waals surface area contributed by atoms with E-state index in [0.29, 0.717) is 6.42 Å². The average molecular weight is 212 g/mol. The highest BCUT2D eigenvalue weighted by atomic mass is 16.6. The quantitative estimate of drug-likeness (QED) is 0.706. The van der Waals surface area contributed by atoms with E-state index in [1.165, 1.54) is 0 Å². The van der Waals surface area contributed by atoms with Crippen LogP contribution in [0, 0.1) is 10.8 Å². The van der Waals surface area contributed by atoms with Gasteiger partial charge in [-0.1, -0.05) is 13.8 Å². The second-order valence-electron chi connectivity index (χ2n) is 5.40. The predicted octanol–water partition coefficient (Wildman–Crippen LogP) is 1.58. The Labute approximate surface area is 88.6 Å². The highest BCUT2D eigenvalue weighted by molar-refractivity contribution is 5.87. The lowest BCUT2D eigenvalue weighted by atomic mass is 9.64. The first-order valence-electron chi connectivity index (χ1n) is 5.20. The van der Waals surface area contributed by atoms with Gasteiger partial charge in [-0.05, 0) is 19.8 Å². The number of carboxylic acids is 1. The lowest BCUT2D eigenvalue weighted by Gasteiger charge is -2.34. The fraction of sp³-hybridized carbons (Fsp3) is 0.818. The summed E-state index contributed by atoms with van der Waals surface area (Å²) in [6.45, 7) is 5.78. The minimum atomic E-state index is -0.925. The van der Waals surface area contributed by atoms with Gasteiger partial charge in [0.2, 0.25) is 0 Å². The predicted molar refractivity (Wildman–Crippen MR) is 52.2 cm³/mol. The molecule has 0 aromatic heterocycles. The summed E-state index contributed by atoms with van der Waals surface area (Å²) in [5.74, 6) is -1.25. The number of ether oxygens (including phenoxy) is 1. The molecule has 1 aliphatic carbocycles. The molecule has 0 unspecified atom stereocenters. The number of carbonyl (C=O) groups is 2. The van der Waals surface area contributed by atoms with E-state index in [4.69, 9.17) is 9.84 Å². The number of aliphatic carboxylic acids is 1. The molecular formula is C11H16O4. The van der Waals surface area contributed by atoms with E-state index in [2.05, 4.69) is 0 Å². The molecule has 0 spiro atoms. The fourth-order valence-corrected chi connectivity index (χ4v) is 3.06. The van der Waals surface area contributed by atoms with Gasteiger partial charge in [-0.25, -0.2) is 0 Å². The van der Waals surface area contributed by atoms with Crippen molar-refractivity contribution in [1.82, 2.24) is 0 Å². The minimum absolute atomic E-state index is 0.117. The first kappa shape index (κ1) is 10.5. The Hall–Kier alpha value is -1.06. The molecule has 1 saturated heterocycles. The Kier molecular flexibility index (Phi) is 1.77. The van der Waals surface area contributed by atoms with Gasteiger partial charge >= 0.3 is 11.9 Å². The van der Waals surface area contributed by atoms with Crippen LogP contribution in [0.2, 0.25) is 0 Å². The van der Waals surface area contributed by atoms with Gasteiger partial charge in [0.1, 0.15) is 5.60 Å². The molecule has 2 atom stereocenters. The minimum Gasteiger partial charge on any atom is -0.481 e. The molecule has 0 radical (unpaired) electrons. The lowest BCUT2D eigenvalue weighted by molar-refractivity contribution is -0.162. The summed E-state index contributed by atoms with van der Waals surface area (Å²) in [6, 6.07) is 0. The van der Waals surface area contributed by atoms with Crippen LogP contribution < -0.4 is 0 Å². The van der Waals surface area contributed by atoms with Crippen LogP contribution >= 0.6 is 0 Å². The van der Waals surface area contributed by atoms with E-state index in [1.54, 1.807) is 0 Å². The lowest BCUT2D eigenvalue weighted by Crippen LogP contribution is -2.41. The van der Waals surface area contributed by atoms with Gasteiger partial charge in [-0.15, -0.1) is 0 Å². The summed E-state index contributed by atoms with van der Waals surface area (Å²) < 4.78 is 5.36. The van der Waals surface area contributed by atoms with Crippen molar-refractivity contribution in [3.8, 4) is 0 Å². The van der Waals surface area contributed by atoms with Crippen molar-refractivity contribution >= 4 is 11.9 Å². The van der Waals surface area contributed by atoms with Crippen molar-refractivity contribution in [3.63, 3.8) is 0 Å². The molecule has 2 fully saturated rings. The van der Waals surface area contributed by atoms with Crippen LogP contribution in [0.1, 0.15) is 40.0 Å². The van der Waals surface area contributed by atoms with E-state index in [0.717, 1.165) is 6.42 Å². The zero-order chi connectivity index (χ0) is 11.5. The van der Waals surface area contributed by atoms with Gasteiger partial charge in [0.15, 0.2) is 0 Å². The van der Waals surface area contributed by atoms with Crippen LogP contribution in [0.15, 0.2) is 0 Å². The van der Waals surface area contributed by atoms with Gasteiger partial charge in [0, 0.05) is 5.41 Å². The fourth-order valence-electron chi connectivity index (χ4n) is 3.06. The molecule has 1 aliphatic heterocycles. The number of hydrogen-bond acceptors (Lipinski definition) is 3. The largest absolute Gasteiger partial charge is 0.481 e. The van der Waals surface area contributed by atoms with Gasteiger partial charge in [0.05, 0.1) is 11.8 Å². The molecule has 0 aromatic carbocycles. The number of hydrogen-bond donors (Lipinski definition) is 1. The number of esters is 1. The Morgan fingerprint density at radius 1 is 1.40 bits per heavy atom. The monoisotopic (exact) mass is 212 g/mol. The molecule has 84 valence electrons. The molecule has 1 saturated carbocycles. The Bertz CT molecular complexity index is 346. The van der Waals surface area contributed by atoms with Crippen LogP contribution in [0.4, 0.5) is 0 Å². The molecule has 2 rings (SSSR count). The molecule has 4 nitrogen and oxygen atoms in total. The summed E-state index contributed by atoms with van der Waals surface area (Å²) >= 11 is 0.